The van der Waals surface area contributed by atoms with E-state index < -0.39 is 11.9 Å². The summed E-state index contributed by atoms with van der Waals surface area (Å²) in [5, 5.41) is 0. The van der Waals surface area contributed by atoms with Crippen LogP contribution in [0.25, 0.3) is 22.3 Å². The molecule has 0 aromatic heterocycles. The number of ether oxygens (including phenoxy) is 5. The molecule has 0 saturated heterocycles. The van der Waals surface area contributed by atoms with Crippen LogP contribution < -0.4 is 9.47 Å². The molecule has 0 spiro atoms. The third-order valence-electron chi connectivity index (χ3n) is 10.0. The van der Waals surface area contributed by atoms with Gasteiger partial charge in [-0.05, 0) is 121 Å². The highest BCUT2D eigenvalue weighted by atomic mass is 16.6. The quantitative estimate of drug-likeness (QED) is 0.0491. The molecule has 2 saturated carbocycles. The Labute approximate surface area is 296 Å². The number of esters is 2. The van der Waals surface area contributed by atoms with Gasteiger partial charge < -0.3 is 23.7 Å². The van der Waals surface area contributed by atoms with Gasteiger partial charge in [0.05, 0.1) is 24.9 Å². The summed E-state index contributed by atoms with van der Waals surface area (Å²) in [6.07, 6.45) is 13.0. The second-order valence-corrected chi connectivity index (χ2v) is 13.3. The molecular formula is C43H50O7. The van der Waals surface area contributed by atoms with E-state index in [4.69, 9.17) is 23.7 Å². The van der Waals surface area contributed by atoms with Crippen LogP contribution in [0.5, 0.6) is 11.5 Å². The van der Waals surface area contributed by atoms with E-state index in [0.29, 0.717) is 24.4 Å². The first-order valence-corrected chi connectivity index (χ1v) is 17.8. The Bertz CT molecular complexity index is 1590. The van der Waals surface area contributed by atoms with Gasteiger partial charge in [0.1, 0.15) is 24.7 Å². The van der Waals surface area contributed by atoms with Crippen LogP contribution in [0.3, 0.4) is 0 Å². The molecule has 50 heavy (non-hydrogen) atoms. The number of carbonyl (C=O) groups is 2. The molecule has 0 atom stereocenters. The van der Waals surface area contributed by atoms with Crippen LogP contribution in [0.2, 0.25) is 0 Å². The zero-order valence-corrected chi connectivity index (χ0v) is 29.3. The summed E-state index contributed by atoms with van der Waals surface area (Å²) in [7, 11) is 1.51. The average molecular weight is 679 g/mol. The lowest BCUT2D eigenvalue weighted by molar-refractivity contribution is -0.140. The average Bonchev–Trinajstić information content (AvgIpc) is 3.16. The number of benzene rings is 3. The third-order valence-corrected chi connectivity index (χ3v) is 10.0. The minimum Gasteiger partial charge on any atom is -0.490 e. The van der Waals surface area contributed by atoms with Gasteiger partial charge in [-0.25, -0.2) is 9.59 Å². The normalized spacial score (nSPS) is 20.3. The lowest BCUT2D eigenvalue weighted by atomic mass is 9.69. The molecule has 5 rings (SSSR count). The summed E-state index contributed by atoms with van der Waals surface area (Å²) >= 11 is 0. The molecule has 3 aromatic carbocycles. The highest BCUT2D eigenvalue weighted by molar-refractivity contribution is 5.88. The van der Waals surface area contributed by atoms with Crippen LogP contribution in [-0.4, -0.2) is 51.6 Å². The Hall–Kier alpha value is -4.46. The highest BCUT2D eigenvalue weighted by Crippen LogP contribution is 2.46. The van der Waals surface area contributed by atoms with Crippen molar-refractivity contribution >= 4 is 11.9 Å². The zero-order chi connectivity index (χ0) is 35.3. The maximum Gasteiger partial charge on any atom is 0.335 e. The number of hydrogen-bond acceptors (Lipinski definition) is 7. The maximum atomic E-state index is 12.1. The van der Waals surface area contributed by atoms with Crippen molar-refractivity contribution in [3.63, 3.8) is 0 Å². The smallest absolute Gasteiger partial charge is 0.335 e. The highest BCUT2D eigenvalue weighted by Gasteiger charge is 2.32. The van der Waals surface area contributed by atoms with E-state index in [9.17, 15) is 9.59 Å². The Morgan fingerprint density at radius 1 is 0.760 bits per heavy atom. The largest absolute Gasteiger partial charge is 0.490 e. The Morgan fingerprint density at radius 3 is 1.98 bits per heavy atom. The van der Waals surface area contributed by atoms with Crippen LogP contribution in [0.15, 0.2) is 104 Å². The first-order chi connectivity index (χ1) is 24.4. The summed E-state index contributed by atoms with van der Waals surface area (Å²) in [5.41, 5.74) is 6.04. The van der Waals surface area contributed by atoms with Gasteiger partial charge in [0.2, 0.25) is 0 Å². The van der Waals surface area contributed by atoms with Crippen molar-refractivity contribution in [2.45, 2.75) is 63.4 Å². The van der Waals surface area contributed by atoms with Crippen molar-refractivity contribution in [1.29, 1.82) is 0 Å². The third kappa shape index (κ3) is 10.1. The van der Waals surface area contributed by atoms with Gasteiger partial charge in [-0.2, -0.15) is 0 Å². The summed E-state index contributed by atoms with van der Waals surface area (Å²) in [5.74, 6) is 2.28. The van der Waals surface area contributed by atoms with E-state index in [2.05, 4.69) is 56.1 Å². The lowest BCUT2D eigenvalue weighted by Crippen LogP contribution is -2.28. The minimum absolute atomic E-state index is 0.129. The molecule has 0 unspecified atom stereocenters. The van der Waals surface area contributed by atoms with Gasteiger partial charge in [0.15, 0.2) is 0 Å². The predicted molar refractivity (Wildman–Crippen MR) is 197 cm³/mol. The van der Waals surface area contributed by atoms with Crippen LogP contribution in [-0.2, 0) is 23.8 Å². The minimum atomic E-state index is -0.479. The van der Waals surface area contributed by atoms with Crippen molar-refractivity contribution in [2.24, 2.45) is 11.8 Å². The standard InChI is InChI=1S/C43H50O7/c1-5-25-47-37-19-15-33(16-20-37)32-9-13-36(14-10-32)41-28-39(48-26-27-49-43(45)30(3)29-46-4)23-24-40(41)35-11-7-31(8-12-35)34-17-21-38(22-18-34)50-42(44)6-2/h5-8,11-12,17-18,21-24,28,32-33,36-37H,1-3,9-10,13-16,19-20,25-27,29H2,4H3. The number of carbonyl (C=O) groups excluding carboxylic acids is 2. The first kappa shape index (κ1) is 36.8. The van der Waals surface area contributed by atoms with Crippen molar-refractivity contribution < 1.29 is 33.3 Å². The van der Waals surface area contributed by atoms with E-state index in [1.54, 1.807) is 12.1 Å². The van der Waals surface area contributed by atoms with E-state index in [0.717, 1.165) is 66.0 Å². The molecular weight excluding hydrogens is 628 g/mol. The molecule has 0 N–H and O–H groups in total. The van der Waals surface area contributed by atoms with Crippen LogP contribution in [0, 0.1) is 11.8 Å². The molecule has 0 heterocycles. The second kappa shape index (κ2) is 18.5. The first-order valence-electron chi connectivity index (χ1n) is 17.8. The van der Waals surface area contributed by atoms with Gasteiger partial charge in [-0.3, -0.25) is 0 Å². The summed E-state index contributed by atoms with van der Waals surface area (Å²) in [6, 6.07) is 22.4. The van der Waals surface area contributed by atoms with E-state index >= 15 is 0 Å². The van der Waals surface area contributed by atoms with Gasteiger partial charge >= 0.3 is 11.9 Å². The van der Waals surface area contributed by atoms with Gasteiger partial charge in [-0.1, -0.05) is 61.7 Å². The van der Waals surface area contributed by atoms with Gasteiger partial charge in [-0.15, -0.1) is 6.58 Å². The molecule has 0 aliphatic heterocycles. The van der Waals surface area contributed by atoms with E-state index in [1.807, 2.05) is 24.3 Å². The lowest BCUT2D eigenvalue weighted by Gasteiger charge is -2.38. The molecule has 264 valence electrons. The van der Waals surface area contributed by atoms with Crippen molar-refractivity contribution in [1.82, 2.24) is 0 Å². The molecule has 3 aromatic rings. The zero-order valence-electron chi connectivity index (χ0n) is 29.3. The van der Waals surface area contributed by atoms with E-state index in [1.165, 1.54) is 43.9 Å². The Balaban J connectivity index is 1.28. The summed E-state index contributed by atoms with van der Waals surface area (Å²) < 4.78 is 27.5. The molecule has 0 radical (unpaired) electrons. The number of rotatable bonds is 16. The van der Waals surface area contributed by atoms with Crippen molar-refractivity contribution in [2.75, 3.05) is 33.5 Å². The topological polar surface area (TPSA) is 80.3 Å². The molecule has 0 bridgehead atoms. The van der Waals surface area contributed by atoms with E-state index in [-0.39, 0.29) is 25.4 Å². The molecule has 2 aliphatic carbocycles. The monoisotopic (exact) mass is 678 g/mol. The predicted octanol–water partition coefficient (Wildman–Crippen LogP) is 9.27. The molecule has 7 nitrogen and oxygen atoms in total. The number of methoxy groups -OCH3 is 1. The molecule has 2 aliphatic rings. The SMILES string of the molecule is C=CCOC1CCC(C2CCC(c3cc(OCCOC(=O)C(=C)COC)ccc3-c3ccc(-c4ccc(OC(=O)C=C)cc4)cc3)CC2)CC1. The van der Waals surface area contributed by atoms with Gasteiger partial charge in [0.25, 0.3) is 0 Å². The Morgan fingerprint density at radius 2 is 1.36 bits per heavy atom. The Kier molecular flexibility index (Phi) is 13.6. The maximum absolute atomic E-state index is 12.1. The van der Waals surface area contributed by atoms with Gasteiger partial charge in [0, 0.05) is 13.2 Å². The van der Waals surface area contributed by atoms with Crippen LogP contribution >= 0.6 is 0 Å². The fraction of sp³-hybridized carbons (Fsp3) is 0.395. The summed E-state index contributed by atoms with van der Waals surface area (Å²) in [6.45, 7) is 12.1. The summed E-state index contributed by atoms with van der Waals surface area (Å²) in [4.78, 5) is 23.6. The molecule has 0 amide bonds. The molecule has 7 heteroatoms. The van der Waals surface area contributed by atoms with Crippen molar-refractivity contribution in [3.8, 4) is 33.8 Å². The fourth-order valence-electron chi connectivity index (χ4n) is 7.41. The molecule has 2 fully saturated rings. The van der Waals surface area contributed by atoms with Crippen LogP contribution in [0.1, 0.15) is 62.8 Å². The second-order valence-electron chi connectivity index (χ2n) is 13.3. The van der Waals surface area contributed by atoms with Crippen LogP contribution in [0.4, 0.5) is 0 Å². The number of hydrogen-bond donors (Lipinski definition) is 0. The van der Waals surface area contributed by atoms with Crippen molar-refractivity contribution in [3.05, 3.63) is 110 Å². The fourth-order valence-corrected chi connectivity index (χ4v) is 7.41.